The maximum Gasteiger partial charge on any atom is 0.228 e. The maximum atomic E-state index is 12.6. The van der Waals surface area contributed by atoms with Crippen LogP contribution < -0.4 is 20.2 Å². The number of rotatable bonds is 5. The van der Waals surface area contributed by atoms with Gasteiger partial charge in [-0.2, -0.15) is 0 Å². The molecule has 0 radical (unpaired) electrons. The molecule has 2 fully saturated rings. The zero-order valence-corrected chi connectivity index (χ0v) is 18.0. The second-order valence-corrected chi connectivity index (χ2v) is 8.61. The van der Waals surface area contributed by atoms with Crippen LogP contribution in [0.4, 0.5) is 17.1 Å². The number of hydrogen-bond acceptors (Lipinski definition) is 5. The van der Waals surface area contributed by atoms with Crippen LogP contribution in [0.3, 0.4) is 0 Å². The third-order valence-corrected chi connectivity index (χ3v) is 6.64. The van der Waals surface area contributed by atoms with Crippen molar-refractivity contribution in [1.29, 1.82) is 0 Å². The number of para-hydroxylation sites is 1. The molecule has 1 aliphatic carbocycles. The Morgan fingerprint density at radius 3 is 2.13 bits per heavy atom. The Morgan fingerprint density at radius 1 is 0.871 bits per heavy atom. The Morgan fingerprint density at radius 2 is 1.48 bits per heavy atom. The van der Waals surface area contributed by atoms with Crippen molar-refractivity contribution in [2.24, 2.45) is 11.8 Å². The number of carbonyl (C=O) groups excluding carboxylic acids is 2. The number of anilines is 3. The summed E-state index contributed by atoms with van der Waals surface area (Å²) in [5.41, 5.74) is 4.44. The number of amides is 1. The number of aryl methyl sites for hydroxylation is 1. The zero-order chi connectivity index (χ0) is 21.8. The molecule has 0 spiro atoms. The fraction of sp³-hybridized carbons (Fsp3) is 0.440. The summed E-state index contributed by atoms with van der Waals surface area (Å²) in [5.74, 6) is -2.51. The van der Waals surface area contributed by atoms with Crippen molar-refractivity contribution < 1.29 is 14.7 Å². The first-order valence-corrected chi connectivity index (χ1v) is 11.2. The molecule has 1 amide bonds. The summed E-state index contributed by atoms with van der Waals surface area (Å²) in [6.07, 6.45) is 2.85. The number of carboxylic acid groups (broad SMARTS) is 1. The Kier molecular flexibility index (Phi) is 6.44. The van der Waals surface area contributed by atoms with Crippen LogP contribution in [0.1, 0.15) is 31.2 Å². The van der Waals surface area contributed by atoms with Crippen molar-refractivity contribution in [2.45, 2.75) is 32.6 Å². The molecule has 6 heteroatoms. The average molecular weight is 421 g/mol. The topological polar surface area (TPSA) is 75.7 Å². The third-order valence-electron chi connectivity index (χ3n) is 6.64. The molecule has 1 aliphatic heterocycles. The van der Waals surface area contributed by atoms with Crippen molar-refractivity contribution in [3.05, 3.63) is 54.1 Å². The lowest BCUT2D eigenvalue weighted by Crippen LogP contribution is -2.46. The van der Waals surface area contributed by atoms with Crippen LogP contribution in [0, 0.1) is 18.8 Å². The lowest BCUT2D eigenvalue weighted by molar-refractivity contribution is -0.313. The summed E-state index contributed by atoms with van der Waals surface area (Å²) in [5, 5.41) is 14.3. The molecular formula is C25H30N3O3-. The minimum absolute atomic E-state index is 0.214. The number of hydrogen-bond donors (Lipinski definition) is 1. The van der Waals surface area contributed by atoms with Gasteiger partial charge in [-0.15, -0.1) is 0 Å². The molecule has 2 atom stereocenters. The van der Waals surface area contributed by atoms with Gasteiger partial charge in [-0.25, -0.2) is 0 Å². The molecule has 2 aromatic rings. The standard InChI is InChI=1S/C25H31N3O3/c1-18-6-2-5-9-23(18)28-16-14-27(15-17-28)20-12-10-19(11-13-20)26-24(29)21-7-3-4-8-22(21)25(30)31/h2,5-6,9-13,21-22H,3-4,7-8,14-17H2,1H3,(H,26,29)(H,30,31)/p-1/t21-,22+/m1/s1. The van der Waals surface area contributed by atoms with Crippen LogP contribution in [0.25, 0.3) is 0 Å². The Bertz CT molecular complexity index is 920. The van der Waals surface area contributed by atoms with Crippen LogP contribution in [0.2, 0.25) is 0 Å². The van der Waals surface area contributed by atoms with E-state index in [1.807, 2.05) is 24.3 Å². The Balaban J connectivity index is 1.34. The van der Waals surface area contributed by atoms with Gasteiger partial charge in [-0.05, 0) is 55.7 Å². The highest BCUT2D eigenvalue weighted by atomic mass is 16.4. The Labute approximate surface area is 183 Å². The van der Waals surface area contributed by atoms with Gasteiger partial charge >= 0.3 is 0 Å². The average Bonchev–Trinajstić information content (AvgIpc) is 2.80. The highest BCUT2D eigenvalue weighted by molar-refractivity contribution is 5.95. The molecular weight excluding hydrogens is 390 g/mol. The van der Waals surface area contributed by atoms with E-state index in [1.54, 1.807) is 0 Å². The molecule has 4 rings (SSSR count). The number of nitrogens with one attached hydrogen (secondary N) is 1. The molecule has 0 aromatic heterocycles. The summed E-state index contributed by atoms with van der Waals surface area (Å²) in [7, 11) is 0. The first-order chi connectivity index (χ1) is 15.0. The minimum atomic E-state index is -1.11. The number of benzene rings is 2. The van der Waals surface area contributed by atoms with E-state index in [-0.39, 0.29) is 5.91 Å². The van der Waals surface area contributed by atoms with Crippen molar-refractivity contribution >= 4 is 28.9 Å². The first-order valence-electron chi connectivity index (χ1n) is 11.2. The molecule has 1 heterocycles. The van der Waals surface area contributed by atoms with Gasteiger partial charge in [0.15, 0.2) is 0 Å². The van der Waals surface area contributed by atoms with Crippen LogP contribution in [-0.4, -0.2) is 38.1 Å². The monoisotopic (exact) mass is 420 g/mol. The minimum Gasteiger partial charge on any atom is -0.550 e. The smallest absolute Gasteiger partial charge is 0.228 e. The Hall–Kier alpha value is -3.02. The number of carboxylic acids is 1. The van der Waals surface area contributed by atoms with Crippen molar-refractivity contribution in [3.8, 4) is 0 Å². The second kappa shape index (κ2) is 9.41. The quantitative estimate of drug-likeness (QED) is 0.805. The summed E-state index contributed by atoms with van der Waals surface area (Å²) in [6.45, 7) is 5.97. The summed E-state index contributed by atoms with van der Waals surface area (Å²) in [6, 6.07) is 16.3. The molecule has 1 saturated carbocycles. The van der Waals surface area contributed by atoms with E-state index in [2.05, 4.69) is 46.3 Å². The van der Waals surface area contributed by atoms with Crippen molar-refractivity contribution in [2.75, 3.05) is 41.3 Å². The third kappa shape index (κ3) is 4.84. The summed E-state index contributed by atoms with van der Waals surface area (Å²) >= 11 is 0. The first kappa shape index (κ1) is 21.2. The van der Waals surface area contributed by atoms with Gasteiger partial charge in [-0.3, -0.25) is 4.79 Å². The summed E-state index contributed by atoms with van der Waals surface area (Å²) < 4.78 is 0. The second-order valence-electron chi connectivity index (χ2n) is 8.61. The fourth-order valence-corrected chi connectivity index (χ4v) is 4.84. The SMILES string of the molecule is Cc1ccccc1N1CCN(c2ccc(NC(=O)[C@@H]3CCCC[C@@H]3C(=O)[O-])cc2)CC1. The van der Waals surface area contributed by atoms with Crippen LogP contribution >= 0.6 is 0 Å². The van der Waals surface area contributed by atoms with Gasteiger partial charge in [0.1, 0.15) is 0 Å². The number of carbonyl (C=O) groups is 2. The van der Waals surface area contributed by atoms with E-state index in [9.17, 15) is 14.7 Å². The lowest BCUT2D eigenvalue weighted by Gasteiger charge is -2.38. The van der Waals surface area contributed by atoms with Crippen LogP contribution in [-0.2, 0) is 9.59 Å². The summed E-state index contributed by atoms with van der Waals surface area (Å²) in [4.78, 5) is 28.8. The fourth-order valence-electron chi connectivity index (χ4n) is 4.84. The van der Waals surface area contributed by atoms with E-state index in [0.717, 1.165) is 44.7 Å². The normalized spacial score (nSPS) is 21.6. The highest BCUT2D eigenvalue weighted by Crippen LogP contribution is 2.31. The lowest BCUT2D eigenvalue weighted by atomic mass is 9.78. The van der Waals surface area contributed by atoms with E-state index in [4.69, 9.17) is 0 Å². The highest BCUT2D eigenvalue weighted by Gasteiger charge is 2.31. The predicted molar refractivity (Wildman–Crippen MR) is 121 cm³/mol. The molecule has 164 valence electrons. The van der Waals surface area contributed by atoms with E-state index in [1.165, 1.54) is 11.3 Å². The van der Waals surface area contributed by atoms with Crippen LogP contribution in [0.15, 0.2) is 48.5 Å². The number of nitrogens with zero attached hydrogens (tertiary/aromatic N) is 2. The molecule has 1 saturated heterocycles. The predicted octanol–water partition coefficient (Wildman–Crippen LogP) is 2.82. The van der Waals surface area contributed by atoms with Gasteiger partial charge in [0.25, 0.3) is 0 Å². The molecule has 0 bridgehead atoms. The zero-order valence-electron chi connectivity index (χ0n) is 18.0. The van der Waals surface area contributed by atoms with Gasteiger partial charge in [0.05, 0.1) is 0 Å². The maximum absolute atomic E-state index is 12.6. The van der Waals surface area contributed by atoms with E-state index in [0.29, 0.717) is 18.5 Å². The number of aliphatic carboxylic acids is 1. The molecule has 0 unspecified atom stereocenters. The molecule has 6 nitrogen and oxygen atoms in total. The largest absolute Gasteiger partial charge is 0.550 e. The van der Waals surface area contributed by atoms with Gasteiger partial charge in [0, 0.05) is 61.0 Å². The molecule has 2 aromatic carbocycles. The van der Waals surface area contributed by atoms with Crippen LogP contribution in [0.5, 0.6) is 0 Å². The molecule has 2 aliphatic rings. The molecule has 1 N–H and O–H groups in total. The van der Waals surface area contributed by atoms with Crippen molar-refractivity contribution in [3.63, 3.8) is 0 Å². The number of piperazine rings is 1. The van der Waals surface area contributed by atoms with Gasteiger partial charge in [-0.1, -0.05) is 31.0 Å². The van der Waals surface area contributed by atoms with E-state index < -0.39 is 17.8 Å². The van der Waals surface area contributed by atoms with Gasteiger partial charge in [0.2, 0.25) is 5.91 Å². The molecule has 31 heavy (non-hydrogen) atoms. The van der Waals surface area contributed by atoms with Crippen molar-refractivity contribution in [1.82, 2.24) is 0 Å². The van der Waals surface area contributed by atoms with E-state index >= 15 is 0 Å². The van der Waals surface area contributed by atoms with Gasteiger partial charge < -0.3 is 25.0 Å².